The Morgan fingerprint density at radius 1 is 1.19 bits per heavy atom. The van der Waals surface area contributed by atoms with Gasteiger partial charge in [-0.1, -0.05) is 0 Å². The van der Waals surface area contributed by atoms with Crippen LogP contribution in [0.5, 0.6) is 0 Å². The third kappa shape index (κ3) is 3.38. The van der Waals surface area contributed by atoms with Crippen molar-refractivity contribution in [1.82, 2.24) is 15.0 Å². The Bertz CT molecular complexity index is 569. The van der Waals surface area contributed by atoms with Crippen molar-refractivity contribution >= 4 is 17.8 Å². The lowest BCUT2D eigenvalue weighted by Gasteiger charge is -2.27. The van der Waals surface area contributed by atoms with Crippen LogP contribution in [0, 0.1) is 0 Å². The van der Waals surface area contributed by atoms with Gasteiger partial charge in [0.1, 0.15) is 0 Å². The average Bonchev–Trinajstić information content (AvgIpc) is 3.07. The van der Waals surface area contributed by atoms with Gasteiger partial charge in [0.15, 0.2) is 0 Å². The number of furan rings is 1. The monoisotopic (exact) mass is 291 g/mol. The number of nitrogen functional groups attached to an aromatic ring is 1. The maximum Gasteiger partial charge on any atom is 0.243 e. The molecule has 1 fully saturated rings. The van der Waals surface area contributed by atoms with Gasteiger partial charge in [-0.25, -0.2) is 5.84 Å². The molecule has 0 amide bonds. The fourth-order valence-corrected chi connectivity index (χ4v) is 1.99. The van der Waals surface area contributed by atoms with Crippen molar-refractivity contribution < 1.29 is 9.15 Å². The number of anilines is 3. The van der Waals surface area contributed by atoms with Gasteiger partial charge in [-0.2, -0.15) is 15.0 Å². The minimum atomic E-state index is 0.321. The second-order valence-electron chi connectivity index (χ2n) is 4.51. The quantitative estimate of drug-likeness (QED) is 0.525. The van der Waals surface area contributed by atoms with Crippen LogP contribution < -0.4 is 21.5 Å². The summed E-state index contributed by atoms with van der Waals surface area (Å²) in [6, 6.07) is 1.87. The largest absolute Gasteiger partial charge is 0.472 e. The Morgan fingerprint density at radius 3 is 2.71 bits per heavy atom. The number of hydrazine groups is 1. The summed E-state index contributed by atoms with van der Waals surface area (Å²) in [6.45, 7) is 3.38. The summed E-state index contributed by atoms with van der Waals surface area (Å²) in [5, 5.41) is 3.13. The molecule has 9 heteroatoms. The maximum absolute atomic E-state index is 5.42. The van der Waals surface area contributed by atoms with Crippen molar-refractivity contribution in [2.24, 2.45) is 5.84 Å². The first-order valence-corrected chi connectivity index (χ1v) is 6.65. The van der Waals surface area contributed by atoms with Crippen molar-refractivity contribution in [2.45, 2.75) is 6.54 Å². The van der Waals surface area contributed by atoms with Crippen LogP contribution in [0.25, 0.3) is 0 Å². The van der Waals surface area contributed by atoms with Gasteiger partial charge >= 0.3 is 0 Å². The van der Waals surface area contributed by atoms with Gasteiger partial charge < -0.3 is 19.4 Å². The lowest BCUT2D eigenvalue weighted by atomic mass is 10.3. The van der Waals surface area contributed by atoms with Crippen LogP contribution in [0.2, 0.25) is 0 Å². The van der Waals surface area contributed by atoms with Crippen molar-refractivity contribution in [3.63, 3.8) is 0 Å². The molecule has 2 aromatic heterocycles. The molecule has 4 N–H and O–H groups in total. The highest BCUT2D eigenvalue weighted by Crippen LogP contribution is 2.15. The number of hydrogen-bond donors (Lipinski definition) is 3. The zero-order chi connectivity index (χ0) is 14.5. The molecule has 0 spiro atoms. The summed E-state index contributed by atoms with van der Waals surface area (Å²) in [4.78, 5) is 14.9. The second-order valence-corrected chi connectivity index (χ2v) is 4.51. The van der Waals surface area contributed by atoms with Crippen molar-refractivity contribution in [3.05, 3.63) is 24.2 Å². The molecular weight excluding hydrogens is 274 g/mol. The number of nitrogens with one attached hydrogen (secondary N) is 2. The topological polar surface area (TPSA) is 114 Å². The lowest BCUT2D eigenvalue weighted by molar-refractivity contribution is 0.122. The SMILES string of the molecule is NNc1nc(NCc2ccoc2)nc(N2CCOCC2)n1. The Kier molecular flexibility index (Phi) is 4.12. The fraction of sp³-hybridized carbons (Fsp3) is 0.417. The van der Waals surface area contributed by atoms with E-state index in [4.69, 9.17) is 15.0 Å². The number of ether oxygens (including phenoxy) is 1. The van der Waals surface area contributed by atoms with E-state index in [0.29, 0.717) is 37.6 Å². The zero-order valence-electron chi connectivity index (χ0n) is 11.5. The average molecular weight is 291 g/mol. The maximum atomic E-state index is 5.42. The Balaban J connectivity index is 1.75. The summed E-state index contributed by atoms with van der Waals surface area (Å²) in [5.74, 6) is 6.78. The first-order chi connectivity index (χ1) is 10.3. The highest BCUT2D eigenvalue weighted by Gasteiger charge is 2.16. The standard InChI is InChI=1S/C12H17N7O2/c13-18-11-15-10(14-7-9-1-4-21-8-9)16-12(17-11)19-2-5-20-6-3-19/h1,4,8H,2-3,5-7,13H2,(H2,14,15,16,17,18). The molecule has 21 heavy (non-hydrogen) atoms. The number of morpholine rings is 1. The Morgan fingerprint density at radius 2 is 2.00 bits per heavy atom. The minimum absolute atomic E-state index is 0.321. The molecule has 0 radical (unpaired) electrons. The smallest absolute Gasteiger partial charge is 0.243 e. The van der Waals surface area contributed by atoms with Crippen molar-refractivity contribution in [1.29, 1.82) is 0 Å². The van der Waals surface area contributed by atoms with E-state index in [-0.39, 0.29) is 0 Å². The summed E-state index contributed by atoms with van der Waals surface area (Å²) < 4.78 is 10.3. The molecule has 0 atom stereocenters. The van der Waals surface area contributed by atoms with E-state index in [9.17, 15) is 0 Å². The summed E-state index contributed by atoms with van der Waals surface area (Å²) in [5.41, 5.74) is 3.47. The van der Waals surface area contributed by atoms with Gasteiger partial charge in [-0.15, -0.1) is 0 Å². The highest BCUT2D eigenvalue weighted by molar-refractivity contribution is 5.43. The molecule has 0 aliphatic carbocycles. The lowest BCUT2D eigenvalue weighted by Crippen LogP contribution is -2.37. The van der Waals surface area contributed by atoms with Crippen LogP contribution in [-0.2, 0) is 11.3 Å². The molecule has 9 nitrogen and oxygen atoms in total. The van der Waals surface area contributed by atoms with Crippen LogP contribution in [-0.4, -0.2) is 41.3 Å². The molecule has 1 aliphatic rings. The van der Waals surface area contributed by atoms with Gasteiger partial charge in [0, 0.05) is 25.2 Å². The van der Waals surface area contributed by atoms with Gasteiger partial charge in [0.25, 0.3) is 0 Å². The molecule has 1 saturated heterocycles. The van der Waals surface area contributed by atoms with Crippen LogP contribution >= 0.6 is 0 Å². The van der Waals surface area contributed by atoms with E-state index < -0.39 is 0 Å². The summed E-state index contributed by atoms with van der Waals surface area (Å²) in [7, 11) is 0. The predicted octanol–water partition coefficient (Wildman–Crippen LogP) is 0.199. The third-order valence-electron chi connectivity index (χ3n) is 3.08. The van der Waals surface area contributed by atoms with E-state index >= 15 is 0 Å². The number of nitrogens with two attached hydrogens (primary N) is 1. The van der Waals surface area contributed by atoms with Crippen LogP contribution in [0.4, 0.5) is 17.8 Å². The van der Waals surface area contributed by atoms with E-state index in [0.717, 1.165) is 18.7 Å². The molecule has 0 saturated carbocycles. The Hall–Kier alpha value is -2.39. The molecular formula is C12H17N7O2. The van der Waals surface area contributed by atoms with E-state index in [2.05, 4.69) is 25.7 Å². The number of aromatic nitrogens is 3. The van der Waals surface area contributed by atoms with Gasteiger partial charge in [0.05, 0.1) is 25.7 Å². The number of nitrogens with zero attached hydrogens (tertiary/aromatic N) is 4. The molecule has 112 valence electrons. The molecule has 0 aromatic carbocycles. The molecule has 2 aromatic rings. The summed E-state index contributed by atoms with van der Waals surface area (Å²) >= 11 is 0. The summed E-state index contributed by atoms with van der Waals surface area (Å²) in [6.07, 6.45) is 3.29. The van der Waals surface area contributed by atoms with Crippen LogP contribution in [0.15, 0.2) is 23.0 Å². The fourth-order valence-electron chi connectivity index (χ4n) is 1.99. The number of hydrogen-bond acceptors (Lipinski definition) is 9. The molecule has 0 bridgehead atoms. The Labute approximate surface area is 121 Å². The first kappa shape index (κ1) is 13.6. The molecule has 0 unspecified atom stereocenters. The van der Waals surface area contributed by atoms with Crippen LogP contribution in [0.1, 0.15) is 5.56 Å². The van der Waals surface area contributed by atoms with Gasteiger partial charge in [-0.05, 0) is 6.07 Å². The molecule has 1 aliphatic heterocycles. The predicted molar refractivity (Wildman–Crippen MR) is 76.7 cm³/mol. The van der Waals surface area contributed by atoms with E-state index in [1.54, 1.807) is 12.5 Å². The second kappa shape index (κ2) is 6.37. The van der Waals surface area contributed by atoms with Crippen molar-refractivity contribution in [3.8, 4) is 0 Å². The van der Waals surface area contributed by atoms with Crippen LogP contribution in [0.3, 0.4) is 0 Å². The van der Waals surface area contributed by atoms with E-state index in [1.807, 2.05) is 11.0 Å². The van der Waals surface area contributed by atoms with Crippen molar-refractivity contribution in [2.75, 3.05) is 41.9 Å². The molecule has 3 rings (SSSR count). The van der Waals surface area contributed by atoms with Gasteiger partial charge in [0.2, 0.25) is 17.8 Å². The van der Waals surface area contributed by atoms with E-state index in [1.165, 1.54) is 0 Å². The minimum Gasteiger partial charge on any atom is -0.472 e. The highest BCUT2D eigenvalue weighted by atomic mass is 16.5. The first-order valence-electron chi connectivity index (χ1n) is 6.65. The van der Waals surface area contributed by atoms with Gasteiger partial charge in [-0.3, -0.25) is 5.43 Å². The zero-order valence-corrected chi connectivity index (χ0v) is 11.5. The molecule has 3 heterocycles. The normalized spacial score (nSPS) is 15.0. The third-order valence-corrected chi connectivity index (χ3v) is 3.08. The number of rotatable bonds is 5.